The second kappa shape index (κ2) is 6.27. The molecular weight excluding hydrogens is 378 g/mol. The van der Waals surface area contributed by atoms with Crippen LogP contribution in [0.5, 0.6) is 0 Å². The minimum Gasteiger partial charge on any atom is -0.478 e. The minimum absolute atomic E-state index is 0.0785. The van der Waals surface area contributed by atoms with Crippen LogP contribution in [0.4, 0.5) is 0 Å². The second-order valence-corrected chi connectivity index (χ2v) is 7.69. The minimum atomic E-state index is -3.79. The van der Waals surface area contributed by atoms with Crippen LogP contribution in [0.3, 0.4) is 0 Å². The van der Waals surface area contributed by atoms with Crippen molar-refractivity contribution in [2.75, 3.05) is 0 Å². The zero-order valence-electron chi connectivity index (χ0n) is 10.9. The molecule has 8 heteroatoms. The van der Waals surface area contributed by atoms with Crippen LogP contribution in [0.1, 0.15) is 28.9 Å². The monoisotopic (exact) mass is 389 g/mol. The van der Waals surface area contributed by atoms with Gasteiger partial charge in [-0.2, -0.15) is 11.3 Å². The fourth-order valence-electron chi connectivity index (χ4n) is 1.73. The lowest BCUT2D eigenvalue weighted by atomic mass is 10.2. The first-order chi connectivity index (χ1) is 9.81. The number of carboxylic acid groups (broad SMARTS) is 1. The maximum Gasteiger partial charge on any atom is 0.336 e. The quantitative estimate of drug-likeness (QED) is 0.821. The van der Waals surface area contributed by atoms with E-state index >= 15 is 0 Å². The zero-order valence-corrected chi connectivity index (χ0v) is 14.1. The average molecular weight is 390 g/mol. The van der Waals surface area contributed by atoms with Crippen LogP contribution in [0, 0.1) is 0 Å². The smallest absolute Gasteiger partial charge is 0.336 e. The Bertz CT molecular complexity index is 756. The molecule has 0 aliphatic heterocycles. The molecule has 1 heterocycles. The topological polar surface area (TPSA) is 83.5 Å². The van der Waals surface area contributed by atoms with Crippen LogP contribution in [0.2, 0.25) is 0 Å². The number of aromatic carboxylic acids is 1. The molecule has 1 unspecified atom stereocenters. The maximum atomic E-state index is 12.3. The Morgan fingerprint density at radius 2 is 2.10 bits per heavy atom. The summed E-state index contributed by atoms with van der Waals surface area (Å²) in [5, 5.41) is 12.8. The molecule has 5 nitrogen and oxygen atoms in total. The Morgan fingerprint density at radius 1 is 1.38 bits per heavy atom. The fourth-order valence-corrected chi connectivity index (χ4v) is 4.15. The second-order valence-electron chi connectivity index (χ2n) is 4.35. The molecule has 112 valence electrons. The molecule has 2 aromatic rings. The number of rotatable bonds is 5. The Morgan fingerprint density at radius 3 is 2.67 bits per heavy atom. The Balaban J connectivity index is 2.32. The lowest BCUT2D eigenvalue weighted by Gasteiger charge is -2.13. The van der Waals surface area contributed by atoms with Gasteiger partial charge in [-0.3, -0.25) is 0 Å². The van der Waals surface area contributed by atoms with Gasteiger partial charge in [-0.15, -0.1) is 0 Å². The van der Waals surface area contributed by atoms with Gasteiger partial charge in [-0.1, -0.05) is 0 Å². The van der Waals surface area contributed by atoms with Crippen LogP contribution in [-0.4, -0.2) is 19.5 Å². The molecule has 0 saturated carbocycles. The third kappa shape index (κ3) is 3.70. The van der Waals surface area contributed by atoms with E-state index < -0.39 is 22.0 Å². The van der Waals surface area contributed by atoms with Gasteiger partial charge in [0.15, 0.2) is 0 Å². The fraction of sp³-hybridized carbons (Fsp3) is 0.154. The number of halogens is 1. The van der Waals surface area contributed by atoms with Crippen molar-refractivity contribution in [3.63, 3.8) is 0 Å². The highest BCUT2D eigenvalue weighted by Gasteiger charge is 2.21. The average Bonchev–Trinajstić information content (AvgIpc) is 2.92. The molecule has 0 saturated heterocycles. The van der Waals surface area contributed by atoms with Gasteiger partial charge in [0.1, 0.15) is 0 Å². The predicted octanol–water partition coefficient (Wildman–Crippen LogP) is 3.25. The van der Waals surface area contributed by atoms with E-state index in [0.717, 1.165) is 11.6 Å². The molecule has 0 amide bonds. The summed E-state index contributed by atoms with van der Waals surface area (Å²) in [6.07, 6.45) is 0. The molecule has 0 bridgehead atoms. The van der Waals surface area contributed by atoms with Gasteiger partial charge in [0.05, 0.1) is 10.5 Å². The Labute approximate surface area is 134 Å². The van der Waals surface area contributed by atoms with Crippen LogP contribution in [0.15, 0.2) is 44.4 Å². The highest BCUT2D eigenvalue weighted by Crippen LogP contribution is 2.23. The summed E-state index contributed by atoms with van der Waals surface area (Å²) in [6, 6.07) is 5.35. The maximum absolute atomic E-state index is 12.3. The number of carboxylic acids is 1. The van der Waals surface area contributed by atoms with Crippen molar-refractivity contribution in [3.05, 3.63) is 50.6 Å². The summed E-state index contributed by atoms with van der Waals surface area (Å²) in [6.45, 7) is 1.73. The Hall–Kier alpha value is -1.22. The first-order valence-electron chi connectivity index (χ1n) is 5.88. The lowest BCUT2D eigenvalue weighted by molar-refractivity contribution is 0.0695. The lowest BCUT2D eigenvalue weighted by Crippen LogP contribution is -2.26. The molecule has 1 aromatic heterocycles. The molecule has 2 N–H and O–H groups in total. The Kier molecular flexibility index (Phi) is 4.82. The van der Waals surface area contributed by atoms with Crippen LogP contribution in [0.25, 0.3) is 0 Å². The first kappa shape index (κ1) is 16.2. The predicted molar refractivity (Wildman–Crippen MR) is 84.2 cm³/mol. The molecule has 0 spiro atoms. The highest BCUT2D eigenvalue weighted by atomic mass is 79.9. The SMILES string of the molecule is CC(NS(=O)(=O)c1ccc(Br)c(C(=O)O)c1)c1ccsc1. The first-order valence-corrected chi connectivity index (χ1v) is 9.10. The summed E-state index contributed by atoms with van der Waals surface area (Å²) < 4.78 is 27.5. The van der Waals surface area contributed by atoms with E-state index in [0.29, 0.717) is 4.47 Å². The van der Waals surface area contributed by atoms with Gasteiger partial charge in [-0.05, 0) is 63.4 Å². The van der Waals surface area contributed by atoms with Gasteiger partial charge in [-0.25, -0.2) is 17.9 Å². The third-order valence-electron chi connectivity index (χ3n) is 2.85. The van der Waals surface area contributed by atoms with E-state index in [9.17, 15) is 13.2 Å². The van der Waals surface area contributed by atoms with Gasteiger partial charge < -0.3 is 5.11 Å². The number of thiophene rings is 1. The molecule has 0 aliphatic rings. The number of sulfonamides is 1. The van der Waals surface area contributed by atoms with Gasteiger partial charge in [0, 0.05) is 10.5 Å². The van der Waals surface area contributed by atoms with Crippen molar-refractivity contribution >= 4 is 43.3 Å². The van der Waals surface area contributed by atoms with Gasteiger partial charge in [0.2, 0.25) is 10.0 Å². The highest BCUT2D eigenvalue weighted by molar-refractivity contribution is 9.10. The van der Waals surface area contributed by atoms with Gasteiger partial charge in [0.25, 0.3) is 0 Å². The van der Waals surface area contributed by atoms with Crippen LogP contribution < -0.4 is 4.72 Å². The van der Waals surface area contributed by atoms with E-state index in [1.165, 1.54) is 23.5 Å². The zero-order chi connectivity index (χ0) is 15.6. The summed E-state index contributed by atoms with van der Waals surface area (Å²) in [4.78, 5) is 11.0. The molecule has 21 heavy (non-hydrogen) atoms. The molecule has 0 aliphatic carbocycles. The van der Waals surface area contributed by atoms with Crippen molar-refractivity contribution in [2.24, 2.45) is 0 Å². The van der Waals surface area contributed by atoms with Crippen molar-refractivity contribution in [1.82, 2.24) is 4.72 Å². The number of carbonyl (C=O) groups is 1. The molecule has 1 aromatic carbocycles. The number of benzene rings is 1. The molecule has 0 fully saturated rings. The van der Waals surface area contributed by atoms with Crippen molar-refractivity contribution in [1.29, 1.82) is 0 Å². The summed E-state index contributed by atoms with van der Waals surface area (Å²) in [5.74, 6) is -1.19. The molecular formula is C13H12BrNO4S2. The van der Waals surface area contributed by atoms with Crippen LogP contribution >= 0.6 is 27.3 Å². The number of nitrogens with one attached hydrogen (secondary N) is 1. The molecule has 1 atom stereocenters. The van der Waals surface area contributed by atoms with Crippen molar-refractivity contribution < 1.29 is 18.3 Å². The van der Waals surface area contributed by atoms with E-state index in [4.69, 9.17) is 5.11 Å². The van der Waals surface area contributed by atoms with E-state index in [2.05, 4.69) is 20.7 Å². The number of hydrogen-bond donors (Lipinski definition) is 2. The molecule has 0 radical (unpaired) electrons. The van der Waals surface area contributed by atoms with E-state index in [1.54, 1.807) is 6.92 Å². The molecule has 2 rings (SSSR count). The third-order valence-corrected chi connectivity index (χ3v) is 5.79. The van der Waals surface area contributed by atoms with E-state index in [-0.39, 0.29) is 10.5 Å². The summed E-state index contributed by atoms with van der Waals surface area (Å²) >= 11 is 4.56. The van der Waals surface area contributed by atoms with Crippen LogP contribution in [-0.2, 0) is 10.0 Å². The largest absolute Gasteiger partial charge is 0.478 e. The van der Waals surface area contributed by atoms with Crippen molar-refractivity contribution in [2.45, 2.75) is 17.9 Å². The van der Waals surface area contributed by atoms with Gasteiger partial charge >= 0.3 is 5.97 Å². The van der Waals surface area contributed by atoms with E-state index in [1.807, 2.05) is 16.8 Å². The normalized spacial score (nSPS) is 13.0. The number of hydrogen-bond acceptors (Lipinski definition) is 4. The standard InChI is InChI=1S/C13H12BrNO4S2/c1-8(9-4-5-20-7-9)15-21(18,19)10-2-3-12(14)11(6-10)13(16)17/h2-8,15H,1H3,(H,16,17). The summed E-state index contributed by atoms with van der Waals surface area (Å²) in [7, 11) is -3.79. The summed E-state index contributed by atoms with van der Waals surface area (Å²) in [5.41, 5.74) is 0.764. The van der Waals surface area contributed by atoms with Crippen molar-refractivity contribution in [3.8, 4) is 0 Å².